The lowest BCUT2D eigenvalue weighted by Crippen LogP contribution is -2.33. The molecule has 182 valence electrons. The van der Waals surface area contributed by atoms with Crippen molar-refractivity contribution in [1.29, 1.82) is 0 Å². The monoisotopic (exact) mass is 497 g/mol. The first kappa shape index (κ1) is 23.6. The Labute approximate surface area is 214 Å². The van der Waals surface area contributed by atoms with Crippen molar-refractivity contribution < 1.29 is 9.53 Å². The molecule has 0 saturated carbocycles. The van der Waals surface area contributed by atoms with Crippen molar-refractivity contribution in [2.45, 2.75) is 19.9 Å². The molecule has 5 rings (SSSR count). The van der Waals surface area contributed by atoms with E-state index in [1.165, 1.54) is 11.3 Å². The van der Waals surface area contributed by atoms with Crippen molar-refractivity contribution >= 4 is 32.6 Å². The van der Waals surface area contributed by atoms with Gasteiger partial charge in [-0.3, -0.25) is 14.8 Å². The largest absolute Gasteiger partial charge is 0.494 e. The molecule has 0 aliphatic rings. The number of anilines is 1. The van der Waals surface area contributed by atoms with Crippen LogP contribution in [0.25, 0.3) is 21.3 Å². The Kier molecular flexibility index (Phi) is 6.95. The van der Waals surface area contributed by atoms with Gasteiger partial charge in [-0.15, -0.1) is 0 Å². The van der Waals surface area contributed by atoms with Gasteiger partial charge in [0.15, 0.2) is 5.13 Å². The Morgan fingerprint density at radius 3 is 2.58 bits per heavy atom. The highest BCUT2D eigenvalue weighted by atomic mass is 32.1. The van der Waals surface area contributed by atoms with Crippen molar-refractivity contribution in [1.82, 2.24) is 14.6 Å². The van der Waals surface area contributed by atoms with Gasteiger partial charge in [-0.25, -0.2) is 9.97 Å². The van der Waals surface area contributed by atoms with Gasteiger partial charge in [0, 0.05) is 30.1 Å². The number of thiazole rings is 1. The lowest BCUT2D eigenvalue weighted by atomic mass is 10.1. The molecule has 1 amide bonds. The fourth-order valence-electron chi connectivity index (χ4n) is 4.14. The molecule has 2 heterocycles. The minimum Gasteiger partial charge on any atom is -0.494 e. The summed E-state index contributed by atoms with van der Waals surface area (Å²) in [4.78, 5) is 21.9. The number of carbonyl (C=O) groups excluding carboxylic acids is 1. The first-order valence-corrected chi connectivity index (χ1v) is 12.6. The number of hydrogen-bond acceptors (Lipinski definition) is 6. The van der Waals surface area contributed by atoms with Crippen LogP contribution in [0.4, 0.5) is 5.13 Å². The van der Waals surface area contributed by atoms with Gasteiger partial charge >= 0.3 is 0 Å². The van der Waals surface area contributed by atoms with E-state index in [1.54, 1.807) is 19.6 Å². The molecule has 0 bridgehead atoms. The molecule has 3 aromatic carbocycles. The van der Waals surface area contributed by atoms with Gasteiger partial charge in [0.1, 0.15) is 17.6 Å². The maximum atomic E-state index is 13.0. The Morgan fingerprint density at radius 2 is 1.89 bits per heavy atom. The number of amides is 1. The van der Waals surface area contributed by atoms with E-state index in [-0.39, 0.29) is 5.91 Å². The van der Waals surface area contributed by atoms with Crippen LogP contribution >= 0.6 is 11.3 Å². The molecule has 8 heteroatoms. The number of imidazole rings is 1. The van der Waals surface area contributed by atoms with Crippen LogP contribution < -0.4 is 15.1 Å². The highest BCUT2D eigenvalue weighted by molar-refractivity contribution is 7.23. The van der Waals surface area contributed by atoms with Gasteiger partial charge in [0.05, 0.1) is 18.4 Å². The van der Waals surface area contributed by atoms with Crippen LogP contribution in [0.3, 0.4) is 0 Å². The Bertz CT molecular complexity index is 1450. The number of fused-ring (bicyclic) bond motifs is 1. The second-order valence-corrected chi connectivity index (χ2v) is 9.36. The lowest BCUT2D eigenvalue weighted by molar-refractivity contribution is 0.102. The van der Waals surface area contributed by atoms with Crippen LogP contribution in [0.15, 0.2) is 85.5 Å². The molecule has 1 N–H and O–H groups in total. The van der Waals surface area contributed by atoms with E-state index in [0.717, 1.165) is 46.4 Å². The fraction of sp³-hybridized carbons (Fsp3) is 0.179. The molecule has 5 aromatic rings. The normalized spacial score (nSPS) is 10.9. The van der Waals surface area contributed by atoms with Gasteiger partial charge in [-0.1, -0.05) is 60.7 Å². The summed E-state index contributed by atoms with van der Waals surface area (Å²) in [5, 5.41) is 5.72. The summed E-state index contributed by atoms with van der Waals surface area (Å²) in [7, 11) is 1.63. The summed E-state index contributed by atoms with van der Waals surface area (Å²) in [5.41, 5.74) is 4.59. The zero-order chi connectivity index (χ0) is 24.9. The van der Waals surface area contributed by atoms with Crippen molar-refractivity contribution in [3.63, 3.8) is 0 Å². The van der Waals surface area contributed by atoms with Crippen LogP contribution in [0.2, 0.25) is 0 Å². The maximum Gasteiger partial charge on any atom is 0.257 e. The van der Waals surface area contributed by atoms with E-state index in [9.17, 15) is 4.79 Å². The average molecular weight is 498 g/mol. The predicted molar refractivity (Wildman–Crippen MR) is 145 cm³/mol. The van der Waals surface area contributed by atoms with Crippen LogP contribution in [0.5, 0.6) is 5.75 Å². The topological polar surface area (TPSA) is 72.3 Å². The van der Waals surface area contributed by atoms with E-state index < -0.39 is 0 Å². The van der Waals surface area contributed by atoms with Crippen LogP contribution in [0, 0.1) is 0 Å². The zero-order valence-corrected chi connectivity index (χ0v) is 21.0. The second-order valence-electron chi connectivity index (χ2n) is 8.36. The van der Waals surface area contributed by atoms with Crippen molar-refractivity contribution in [2.75, 3.05) is 24.0 Å². The van der Waals surface area contributed by atoms with Crippen molar-refractivity contribution in [3.05, 3.63) is 96.6 Å². The molecule has 0 aliphatic heterocycles. The number of benzene rings is 3. The molecule has 7 nitrogen and oxygen atoms in total. The molecule has 0 unspecified atom stereocenters. The van der Waals surface area contributed by atoms with E-state index in [4.69, 9.17) is 4.74 Å². The third kappa shape index (κ3) is 4.94. The zero-order valence-electron chi connectivity index (χ0n) is 20.2. The summed E-state index contributed by atoms with van der Waals surface area (Å²) < 4.78 is 8.50. The van der Waals surface area contributed by atoms with E-state index in [0.29, 0.717) is 16.4 Å². The summed E-state index contributed by atoms with van der Waals surface area (Å²) in [6.45, 7) is 3.79. The molecular formula is C28H27N5O2S. The number of carbonyl (C=O) groups is 1. The molecular weight excluding hydrogens is 470 g/mol. The minimum atomic E-state index is -0.194. The summed E-state index contributed by atoms with van der Waals surface area (Å²) in [6, 6.07) is 21.8. The molecule has 0 saturated heterocycles. The van der Waals surface area contributed by atoms with Gasteiger partial charge in [0.25, 0.3) is 5.91 Å². The van der Waals surface area contributed by atoms with E-state index in [2.05, 4.69) is 39.4 Å². The quantitative estimate of drug-likeness (QED) is 0.272. The number of rotatable bonds is 9. The SMILES string of the molecule is CCCN(Cc1ccc(C(=O)Nc2nc3c(OC)ccc(-c4ccccc4)c3s2)cc1)n1ccnc1. The van der Waals surface area contributed by atoms with Crippen LogP contribution in [-0.2, 0) is 6.54 Å². The predicted octanol–water partition coefficient (Wildman–Crippen LogP) is 5.97. The number of nitrogens with zero attached hydrogens (tertiary/aromatic N) is 4. The fourth-order valence-corrected chi connectivity index (χ4v) is 5.15. The molecule has 0 atom stereocenters. The third-order valence-corrected chi connectivity index (χ3v) is 6.92. The van der Waals surface area contributed by atoms with Crippen molar-refractivity contribution in [2.24, 2.45) is 0 Å². The Balaban J connectivity index is 1.35. The number of hydrogen-bond donors (Lipinski definition) is 1. The first-order chi connectivity index (χ1) is 17.7. The Morgan fingerprint density at radius 1 is 1.08 bits per heavy atom. The highest BCUT2D eigenvalue weighted by Crippen LogP contribution is 2.39. The molecule has 36 heavy (non-hydrogen) atoms. The van der Waals surface area contributed by atoms with Crippen LogP contribution in [-0.4, -0.2) is 34.2 Å². The smallest absolute Gasteiger partial charge is 0.257 e. The van der Waals surface area contributed by atoms with Crippen LogP contribution in [0.1, 0.15) is 29.3 Å². The summed E-state index contributed by atoms with van der Waals surface area (Å²) in [6.07, 6.45) is 6.54. The Hall–Kier alpha value is -4.17. The number of aromatic nitrogens is 3. The molecule has 2 aromatic heterocycles. The van der Waals surface area contributed by atoms with Gasteiger partial charge in [-0.2, -0.15) is 0 Å². The maximum absolute atomic E-state index is 13.0. The van der Waals surface area contributed by atoms with E-state index in [1.807, 2.05) is 65.5 Å². The van der Waals surface area contributed by atoms with Crippen molar-refractivity contribution in [3.8, 4) is 16.9 Å². The highest BCUT2D eigenvalue weighted by Gasteiger charge is 2.16. The molecule has 0 fully saturated rings. The van der Waals surface area contributed by atoms with E-state index >= 15 is 0 Å². The average Bonchev–Trinajstić information content (AvgIpc) is 3.59. The summed E-state index contributed by atoms with van der Waals surface area (Å²) >= 11 is 1.45. The van der Waals surface area contributed by atoms with Gasteiger partial charge < -0.3 is 9.75 Å². The lowest BCUT2D eigenvalue weighted by Gasteiger charge is -2.25. The molecule has 0 radical (unpaired) electrons. The summed E-state index contributed by atoms with van der Waals surface area (Å²) in [5.74, 6) is 0.487. The number of methoxy groups -OCH3 is 1. The van der Waals surface area contributed by atoms with Gasteiger partial charge in [0.2, 0.25) is 0 Å². The van der Waals surface area contributed by atoms with Gasteiger partial charge in [-0.05, 0) is 41.8 Å². The third-order valence-electron chi connectivity index (χ3n) is 5.91. The molecule has 0 spiro atoms. The number of ether oxygens (including phenoxy) is 1. The minimum absolute atomic E-state index is 0.194. The standard InChI is InChI=1S/C28H27N5O2S/c1-3-16-32(33-17-15-29-19-33)18-20-9-11-22(12-10-20)27(34)31-28-30-25-24(35-2)14-13-23(26(25)36-28)21-7-5-4-6-8-21/h4-15,17,19H,3,16,18H2,1-2H3,(H,30,31,34). The number of nitrogens with one attached hydrogen (secondary N) is 1. The first-order valence-electron chi connectivity index (χ1n) is 11.8. The second kappa shape index (κ2) is 10.6. The molecule has 0 aliphatic carbocycles.